The summed E-state index contributed by atoms with van der Waals surface area (Å²) in [6.07, 6.45) is 3.52. The number of nitrogens with zero attached hydrogens (tertiary/aromatic N) is 4. The molecule has 2 amide bonds. The summed E-state index contributed by atoms with van der Waals surface area (Å²) in [6, 6.07) is 7.09. The SMILES string of the molecule is Cc1nc(C(=O)N(C)C)ccc1C(=O)N1CCNCC1c1cccnc1.Cl. The van der Waals surface area contributed by atoms with E-state index >= 15 is 0 Å². The maximum atomic E-state index is 13.2. The van der Waals surface area contributed by atoms with Crippen LogP contribution in [0.4, 0.5) is 0 Å². The molecule has 8 heteroatoms. The van der Waals surface area contributed by atoms with Gasteiger partial charge in [-0.25, -0.2) is 4.98 Å². The van der Waals surface area contributed by atoms with Crippen molar-refractivity contribution in [2.45, 2.75) is 13.0 Å². The summed E-state index contributed by atoms with van der Waals surface area (Å²) in [4.78, 5) is 37.1. The van der Waals surface area contributed by atoms with E-state index in [0.29, 0.717) is 30.0 Å². The van der Waals surface area contributed by atoms with E-state index in [2.05, 4.69) is 15.3 Å². The number of hydrogen-bond acceptors (Lipinski definition) is 5. The van der Waals surface area contributed by atoms with E-state index in [0.717, 1.165) is 12.1 Å². The van der Waals surface area contributed by atoms with Crippen molar-refractivity contribution in [1.29, 1.82) is 0 Å². The highest BCUT2D eigenvalue weighted by Gasteiger charge is 2.30. The maximum absolute atomic E-state index is 13.2. The van der Waals surface area contributed by atoms with Crippen molar-refractivity contribution in [3.05, 3.63) is 59.2 Å². The van der Waals surface area contributed by atoms with E-state index in [1.54, 1.807) is 45.5 Å². The molecule has 7 nitrogen and oxygen atoms in total. The Morgan fingerprint density at radius 1 is 1.26 bits per heavy atom. The van der Waals surface area contributed by atoms with E-state index in [1.165, 1.54) is 4.90 Å². The van der Waals surface area contributed by atoms with Crippen molar-refractivity contribution in [2.75, 3.05) is 33.7 Å². The van der Waals surface area contributed by atoms with E-state index in [-0.39, 0.29) is 30.3 Å². The summed E-state index contributed by atoms with van der Waals surface area (Å²) in [5, 5.41) is 3.33. The van der Waals surface area contributed by atoms with Gasteiger partial charge in [0.2, 0.25) is 0 Å². The van der Waals surface area contributed by atoms with Crippen LogP contribution in [0.2, 0.25) is 0 Å². The minimum atomic E-state index is -0.178. The fraction of sp³-hybridized carbons (Fsp3) is 0.368. The van der Waals surface area contributed by atoms with Gasteiger partial charge in [-0.15, -0.1) is 12.4 Å². The zero-order valence-electron chi connectivity index (χ0n) is 15.7. The van der Waals surface area contributed by atoms with Crippen molar-refractivity contribution in [3.8, 4) is 0 Å². The Hall–Kier alpha value is -2.51. The number of carbonyl (C=O) groups excluding carboxylic acids is 2. The topological polar surface area (TPSA) is 78.4 Å². The minimum Gasteiger partial charge on any atom is -0.343 e. The van der Waals surface area contributed by atoms with E-state index in [9.17, 15) is 9.59 Å². The number of piperazine rings is 1. The van der Waals surface area contributed by atoms with Crippen LogP contribution < -0.4 is 5.32 Å². The fourth-order valence-electron chi connectivity index (χ4n) is 3.11. The highest BCUT2D eigenvalue weighted by molar-refractivity contribution is 5.97. The quantitative estimate of drug-likeness (QED) is 0.864. The average molecular weight is 390 g/mol. The highest BCUT2D eigenvalue weighted by atomic mass is 35.5. The summed E-state index contributed by atoms with van der Waals surface area (Å²) in [6.45, 7) is 3.80. The second kappa shape index (κ2) is 8.92. The van der Waals surface area contributed by atoms with Gasteiger partial charge in [0.25, 0.3) is 11.8 Å². The molecular formula is C19H24ClN5O2. The molecule has 1 fully saturated rings. The summed E-state index contributed by atoms with van der Waals surface area (Å²) in [5.41, 5.74) is 2.42. The number of hydrogen-bond donors (Lipinski definition) is 1. The first-order chi connectivity index (χ1) is 12.5. The Balaban J connectivity index is 0.00000261. The Morgan fingerprint density at radius 2 is 2.04 bits per heavy atom. The predicted molar refractivity (Wildman–Crippen MR) is 105 cm³/mol. The predicted octanol–water partition coefficient (Wildman–Crippen LogP) is 1.70. The van der Waals surface area contributed by atoms with Crippen LogP contribution >= 0.6 is 12.4 Å². The fourth-order valence-corrected chi connectivity index (χ4v) is 3.11. The average Bonchev–Trinajstić information content (AvgIpc) is 2.67. The molecule has 2 aromatic rings. The summed E-state index contributed by atoms with van der Waals surface area (Å²) >= 11 is 0. The van der Waals surface area contributed by atoms with Gasteiger partial charge in [-0.1, -0.05) is 6.07 Å². The molecule has 1 saturated heterocycles. The van der Waals surface area contributed by atoms with E-state index in [4.69, 9.17) is 0 Å². The summed E-state index contributed by atoms with van der Waals surface area (Å²) in [7, 11) is 3.36. The van der Waals surface area contributed by atoms with Crippen LogP contribution in [-0.4, -0.2) is 65.3 Å². The summed E-state index contributed by atoms with van der Waals surface area (Å²) < 4.78 is 0. The standard InChI is InChI=1S/C19H23N5O2.ClH/c1-13-15(6-7-16(22-13)19(26)23(2)3)18(25)24-10-9-21-12-17(24)14-5-4-8-20-11-14;/h4-8,11,17,21H,9-10,12H2,1-3H3;1H. The van der Waals surface area contributed by atoms with Gasteiger partial charge in [0.15, 0.2) is 0 Å². The Labute approximate surface area is 165 Å². The smallest absolute Gasteiger partial charge is 0.271 e. The zero-order chi connectivity index (χ0) is 18.7. The molecule has 2 aromatic heterocycles. The van der Waals surface area contributed by atoms with Gasteiger partial charge in [0, 0.05) is 46.1 Å². The third kappa shape index (κ3) is 4.43. The molecular weight excluding hydrogens is 366 g/mol. The minimum absolute atomic E-state index is 0. The molecule has 0 radical (unpaired) electrons. The molecule has 0 aliphatic carbocycles. The first-order valence-electron chi connectivity index (χ1n) is 8.60. The molecule has 0 aromatic carbocycles. The molecule has 144 valence electrons. The monoisotopic (exact) mass is 389 g/mol. The molecule has 3 heterocycles. The number of rotatable bonds is 3. The van der Waals surface area contributed by atoms with Crippen molar-refractivity contribution >= 4 is 24.2 Å². The van der Waals surface area contributed by atoms with Crippen molar-refractivity contribution < 1.29 is 9.59 Å². The van der Waals surface area contributed by atoms with Crippen LogP contribution in [0.5, 0.6) is 0 Å². The summed E-state index contributed by atoms with van der Waals surface area (Å²) in [5.74, 6) is -0.253. The number of aromatic nitrogens is 2. The molecule has 1 unspecified atom stereocenters. The highest BCUT2D eigenvalue weighted by Crippen LogP contribution is 2.24. The maximum Gasteiger partial charge on any atom is 0.271 e. The Bertz CT molecular complexity index is 813. The van der Waals surface area contributed by atoms with Gasteiger partial charge in [-0.2, -0.15) is 0 Å². The molecule has 0 saturated carbocycles. The zero-order valence-corrected chi connectivity index (χ0v) is 16.5. The van der Waals surface area contributed by atoms with Gasteiger partial charge in [-0.05, 0) is 30.7 Å². The molecule has 1 N–H and O–H groups in total. The molecule has 1 atom stereocenters. The largest absolute Gasteiger partial charge is 0.343 e. The lowest BCUT2D eigenvalue weighted by molar-refractivity contribution is 0.0631. The van der Waals surface area contributed by atoms with Crippen LogP contribution in [0.15, 0.2) is 36.7 Å². The first kappa shape index (κ1) is 20.8. The van der Waals surface area contributed by atoms with Gasteiger partial charge >= 0.3 is 0 Å². The lowest BCUT2D eigenvalue weighted by Gasteiger charge is -2.36. The van der Waals surface area contributed by atoms with Crippen LogP contribution in [0.25, 0.3) is 0 Å². The first-order valence-corrected chi connectivity index (χ1v) is 8.60. The van der Waals surface area contributed by atoms with E-state index < -0.39 is 0 Å². The second-order valence-electron chi connectivity index (χ2n) is 6.53. The normalized spacial score (nSPS) is 16.4. The number of halogens is 1. The number of nitrogens with one attached hydrogen (secondary N) is 1. The lowest BCUT2D eigenvalue weighted by Crippen LogP contribution is -2.48. The number of amides is 2. The van der Waals surface area contributed by atoms with Gasteiger partial charge in [0.05, 0.1) is 17.3 Å². The number of aryl methyl sites for hydroxylation is 1. The van der Waals surface area contributed by atoms with Gasteiger partial charge < -0.3 is 15.1 Å². The molecule has 0 spiro atoms. The van der Waals surface area contributed by atoms with Gasteiger partial charge in [-0.3, -0.25) is 14.6 Å². The lowest BCUT2D eigenvalue weighted by atomic mass is 10.0. The van der Waals surface area contributed by atoms with Crippen molar-refractivity contribution in [2.24, 2.45) is 0 Å². The third-order valence-corrected chi connectivity index (χ3v) is 4.51. The van der Waals surface area contributed by atoms with Crippen LogP contribution in [0, 0.1) is 6.92 Å². The van der Waals surface area contributed by atoms with Crippen molar-refractivity contribution in [1.82, 2.24) is 25.1 Å². The van der Waals surface area contributed by atoms with Crippen LogP contribution in [0.1, 0.15) is 38.1 Å². The van der Waals surface area contributed by atoms with Gasteiger partial charge in [0.1, 0.15) is 5.69 Å². The number of pyridine rings is 2. The van der Waals surface area contributed by atoms with Crippen molar-refractivity contribution in [3.63, 3.8) is 0 Å². The second-order valence-corrected chi connectivity index (χ2v) is 6.53. The number of carbonyl (C=O) groups is 2. The van der Waals surface area contributed by atoms with Crippen LogP contribution in [-0.2, 0) is 0 Å². The molecule has 3 rings (SSSR count). The Morgan fingerprint density at radius 3 is 2.67 bits per heavy atom. The van der Waals surface area contributed by atoms with E-state index in [1.807, 2.05) is 17.0 Å². The third-order valence-electron chi connectivity index (χ3n) is 4.51. The molecule has 27 heavy (non-hydrogen) atoms. The molecule has 0 bridgehead atoms. The molecule has 1 aliphatic heterocycles. The van der Waals surface area contributed by atoms with Crippen LogP contribution in [0.3, 0.4) is 0 Å². The Kier molecular flexibility index (Phi) is 6.87. The molecule has 1 aliphatic rings.